The zero-order valence-electron chi connectivity index (χ0n) is 34.7. The van der Waals surface area contributed by atoms with Gasteiger partial charge in [0, 0.05) is 15.2 Å². The fourth-order valence-electron chi connectivity index (χ4n) is 7.01. The van der Waals surface area contributed by atoms with Gasteiger partial charge >= 0.3 is 0 Å². The molecule has 4 rings (SSSR count). The summed E-state index contributed by atoms with van der Waals surface area (Å²) in [5.41, 5.74) is 11.6. The van der Waals surface area contributed by atoms with E-state index in [4.69, 9.17) is 9.98 Å². The Labute approximate surface area is 336 Å². The molecule has 0 bridgehead atoms. The number of rotatable bonds is 21. The maximum Gasteiger partial charge on any atom is 0.165 e. The lowest BCUT2D eigenvalue weighted by Gasteiger charge is -2.14. The van der Waals surface area contributed by atoms with Gasteiger partial charge in [0.15, 0.2) is 11.5 Å². The standard InChI is InChI=1S/C38H60N2.C11H9BrO2/c1-7-13-18-19-24-38(40-36-28-26-32(21-15-9-3)34(30-36)23-17-11-5)37(12-6)39-35-27-25-31(20-14-8-2)33(29-35)22-16-10-4;1-6-3-2-4-7-10(6)8(12)5-9(13)11(7)14/h25-30H,7-24H2,1-6H3;2-5,13-14H,1H3. The van der Waals surface area contributed by atoms with Crippen molar-refractivity contribution in [1.29, 1.82) is 0 Å². The van der Waals surface area contributed by atoms with Gasteiger partial charge in [-0.2, -0.15) is 0 Å². The van der Waals surface area contributed by atoms with Crippen molar-refractivity contribution in [3.8, 4) is 11.5 Å². The molecule has 0 aromatic heterocycles. The maximum atomic E-state index is 9.64. The Morgan fingerprint density at radius 2 is 1.06 bits per heavy atom. The van der Waals surface area contributed by atoms with Crippen molar-refractivity contribution >= 4 is 49.5 Å². The molecule has 0 radical (unpaired) electrons. The van der Waals surface area contributed by atoms with E-state index in [9.17, 15) is 10.2 Å². The van der Waals surface area contributed by atoms with Gasteiger partial charge in [-0.3, -0.25) is 9.98 Å². The molecule has 2 N–H and O–H groups in total. The van der Waals surface area contributed by atoms with Crippen LogP contribution in [0.4, 0.5) is 11.4 Å². The molecule has 0 aliphatic rings. The lowest BCUT2D eigenvalue weighted by Crippen LogP contribution is -2.13. The van der Waals surface area contributed by atoms with E-state index in [2.05, 4.69) is 93.9 Å². The molecular formula is C49H69BrN2O2. The van der Waals surface area contributed by atoms with Crippen molar-refractivity contribution in [3.05, 3.63) is 93.0 Å². The second kappa shape index (κ2) is 24.9. The van der Waals surface area contributed by atoms with E-state index >= 15 is 0 Å². The van der Waals surface area contributed by atoms with Crippen molar-refractivity contribution in [2.24, 2.45) is 9.98 Å². The van der Waals surface area contributed by atoms with Crippen molar-refractivity contribution in [1.82, 2.24) is 0 Å². The molecule has 54 heavy (non-hydrogen) atoms. The van der Waals surface area contributed by atoms with E-state index in [1.807, 2.05) is 19.1 Å². The topological polar surface area (TPSA) is 65.2 Å². The van der Waals surface area contributed by atoms with Gasteiger partial charge in [-0.05, 0) is 136 Å². The number of hydrogen-bond donors (Lipinski definition) is 2. The zero-order valence-corrected chi connectivity index (χ0v) is 36.3. The second-order valence-corrected chi connectivity index (χ2v) is 15.7. The fourth-order valence-corrected chi connectivity index (χ4v) is 7.75. The van der Waals surface area contributed by atoms with Gasteiger partial charge in [0.05, 0.1) is 22.8 Å². The summed E-state index contributed by atoms with van der Waals surface area (Å²) < 4.78 is 0.793. The predicted molar refractivity (Wildman–Crippen MR) is 240 cm³/mol. The van der Waals surface area contributed by atoms with E-state index in [0.717, 1.165) is 58.2 Å². The molecule has 0 saturated heterocycles. The normalized spacial score (nSPS) is 11.9. The first-order chi connectivity index (χ1) is 26.2. The van der Waals surface area contributed by atoms with Crippen LogP contribution >= 0.6 is 15.9 Å². The van der Waals surface area contributed by atoms with Gasteiger partial charge < -0.3 is 10.2 Å². The lowest BCUT2D eigenvalue weighted by atomic mass is 9.97. The molecule has 4 aromatic rings. The minimum atomic E-state index is -0.102. The number of unbranched alkanes of at least 4 members (excludes halogenated alkanes) is 7. The van der Waals surface area contributed by atoms with E-state index < -0.39 is 0 Å². The third-order valence-corrected chi connectivity index (χ3v) is 10.9. The van der Waals surface area contributed by atoms with Crippen LogP contribution in [0, 0.1) is 6.92 Å². The molecule has 0 heterocycles. The van der Waals surface area contributed by atoms with Gasteiger partial charge in [-0.1, -0.05) is 133 Å². The Bertz CT molecular complexity index is 1790. The van der Waals surface area contributed by atoms with E-state index in [-0.39, 0.29) is 11.5 Å². The largest absolute Gasteiger partial charge is 0.504 e. The molecule has 0 spiro atoms. The van der Waals surface area contributed by atoms with Crippen LogP contribution in [0.5, 0.6) is 11.5 Å². The van der Waals surface area contributed by atoms with Gasteiger partial charge in [0.25, 0.3) is 0 Å². The predicted octanol–water partition coefficient (Wildman–Crippen LogP) is 15.6. The van der Waals surface area contributed by atoms with Gasteiger partial charge in [0.1, 0.15) is 0 Å². The first-order valence-corrected chi connectivity index (χ1v) is 22.0. The van der Waals surface area contributed by atoms with Crippen LogP contribution in [-0.4, -0.2) is 21.6 Å². The van der Waals surface area contributed by atoms with Crippen LogP contribution in [0.1, 0.15) is 159 Å². The highest BCUT2D eigenvalue weighted by molar-refractivity contribution is 9.10. The van der Waals surface area contributed by atoms with Crippen molar-refractivity contribution < 1.29 is 10.2 Å². The van der Waals surface area contributed by atoms with Crippen molar-refractivity contribution in [3.63, 3.8) is 0 Å². The molecule has 0 atom stereocenters. The van der Waals surface area contributed by atoms with Crippen LogP contribution < -0.4 is 0 Å². The molecule has 4 aromatic carbocycles. The number of aryl methyl sites for hydroxylation is 5. The molecule has 5 heteroatoms. The molecular weight excluding hydrogens is 728 g/mol. The first-order valence-electron chi connectivity index (χ1n) is 21.2. The van der Waals surface area contributed by atoms with Crippen molar-refractivity contribution in [2.75, 3.05) is 0 Å². The fraction of sp³-hybridized carbons (Fsp3) is 0.510. The highest BCUT2D eigenvalue weighted by Gasteiger charge is 2.13. The summed E-state index contributed by atoms with van der Waals surface area (Å²) in [5, 5.41) is 20.6. The number of aliphatic imine (C=N–C) groups is 2. The van der Waals surface area contributed by atoms with Crippen LogP contribution in [0.25, 0.3) is 10.8 Å². The van der Waals surface area contributed by atoms with Crippen LogP contribution in [-0.2, 0) is 25.7 Å². The SMILES string of the molecule is CCCCCCC(=Nc1ccc(CCCC)c(CCCC)c1)C(CC)=Nc1ccc(CCCC)c(CCCC)c1.Cc1cccc2c(O)c(O)cc(Br)c12. The van der Waals surface area contributed by atoms with Gasteiger partial charge in [0.2, 0.25) is 0 Å². The third-order valence-electron chi connectivity index (χ3n) is 10.3. The summed E-state index contributed by atoms with van der Waals surface area (Å²) in [6.45, 7) is 15.6. The monoisotopic (exact) mass is 796 g/mol. The summed E-state index contributed by atoms with van der Waals surface area (Å²) in [7, 11) is 0. The molecule has 0 aliphatic carbocycles. The lowest BCUT2D eigenvalue weighted by molar-refractivity contribution is 0.408. The molecule has 0 fully saturated rings. The quantitative estimate of drug-likeness (QED) is 0.0501. The number of fused-ring (bicyclic) bond motifs is 1. The third kappa shape index (κ3) is 14.0. The van der Waals surface area contributed by atoms with Crippen molar-refractivity contribution in [2.45, 2.75) is 164 Å². The average Bonchev–Trinajstić information content (AvgIpc) is 3.17. The molecule has 0 unspecified atom stereocenters. The summed E-state index contributed by atoms with van der Waals surface area (Å²) in [4.78, 5) is 10.6. The second-order valence-electron chi connectivity index (χ2n) is 14.8. The van der Waals surface area contributed by atoms with Gasteiger partial charge in [-0.25, -0.2) is 0 Å². The van der Waals surface area contributed by atoms with E-state index in [1.54, 1.807) is 6.07 Å². The minimum absolute atomic E-state index is 0.0631. The summed E-state index contributed by atoms with van der Waals surface area (Å²) in [6.07, 6.45) is 21.5. The molecule has 0 aliphatic heterocycles. The number of halogens is 1. The Balaban J connectivity index is 0.000000462. The molecule has 294 valence electrons. The Kier molecular flexibility index (Phi) is 20.7. The smallest absolute Gasteiger partial charge is 0.165 e. The Morgan fingerprint density at radius 1 is 0.556 bits per heavy atom. The number of aromatic hydroxyl groups is 2. The number of hydrogen-bond acceptors (Lipinski definition) is 4. The zero-order chi connectivity index (χ0) is 39.3. The number of benzene rings is 4. The maximum absolute atomic E-state index is 9.64. The average molecular weight is 798 g/mol. The Morgan fingerprint density at radius 3 is 1.56 bits per heavy atom. The highest BCUT2D eigenvalue weighted by Crippen LogP contribution is 2.39. The summed E-state index contributed by atoms with van der Waals surface area (Å²) in [5.74, 6) is -0.165. The van der Waals surface area contributed by atoms with E-state index in [0.29, 0.717) is 5.39 Å². The molecule has 0 saturated carbocycles. The van der Waals surface area contributed by atoms with Gasteiger partial charge in [-0.15, -0.1) is 0 Å². The number of nitrogens with zero attached hydrogens (tertiary/aromatic N) is 2. The summed E-state index contributed by atoms with van der Waals surface area (Å²) >= 11 is 3.36. The molecule has 4 nitrogen and oxygen atoms in total. The minimum Gasteiger partial charge on any atom is -0.504 e. The number of phenolic OH excluding ortho intramolecular Hbond substituents is 2. The van der Waals surface area contributed by atoms with Crippen LogP contribution in [0.2, 0.25) is 0 Å². The highest BCUT2D eigenvalue weighted by atomic mass is 79.9. The first kappa shape index (κ1) is 45.0. The Hall–Kier alpha value is -3.44. The molecule has 0 amide bonds. The van der Waals surface area contributed by atoms with E-state index in [1.165, 1.54) is 124 Å². The number of phenols is 2. The summed E-state index contributed by atoms with van der Waals surface area (Å²) in [6, 6.07) is 21.1. The van der Waals surface area contributed by atoms with Crippen LogP contribution in [0.15, 0.2) is 75.1 Å². The van der Waals surface area contributed by atoms with Crippen LogP contribution in [0.3, 0.4) is 0 Å².